The maximum atomic E-state index is 12.6. The number of hydrogen-bond donors (Lipinski definition) is 1. The number of benzene rings is 2. The third kappa shape index (κ3) is 4.16. The number of aromatic carboxylic acids is 1. The van der Waals surface area contributed by atoms with Gasteiger partial charge in [0, 0.05) is 29.9 Å². The average Bonchev–Trinajstić information content (AvgIpc) is 2.69. The molecule has 2 aromatic carbocycles. The number of nitrogens with one attached hydrogen (secondary N) is 1. The third-order valence-electron chi connectivity index (χ3n) is 4.11. The molecule has 0 bridgehead atoms. The van der Waals surface area contributed by atoms with Crippen molar-refractivity contribution in [3.63, 3.8) is 0 Å². The van der Waals surface area contributed by atoms with Crippen LogP contribution in [-0.2, 0) is 14.8 Å². The summed E-state index contributed by atoms with van der Waals surface area (Å²) in [5.74, 6) is -2.08. The number of hydrogen-bond acceptors (Lipinski definition) is 6. The summed E-state index contributed by atoms with van der Waals surface area (Å²) in [5.41, 5.74) is 0.0816. The fraction of sp³-hybridized carbons (Fsp3) is 0.222. The second-order valence-electron chi connectivity index (χ2n) is 5.83. The largest absolute Gasteiger partial charge is 0.545 e. The molecule has 2 aromatic rings. The van der Waals surface area contributed by atoms with Gasteiger partial charge >= 0.3 is 0 Å². The van der Waals surface area contributed by atoms with Gasteiger partial charge in [0.1, 0.15) is 0 Å². The second-order valence-corrected chi connectivity index (χ2v) is 7.77. The molecule has 0 aliphatic carbocycles. The maximum absolute atomic E-state index is 12.6. The highest BCUT2D eigenvalue weighted by Crippen LogP contribution is 2.20. The van der Waals surface area contributed by atoms with Gasteiger partial charge in [-0.3, -0.25) is 4.79 Å². The van der Waals surface area contributed by atoms with E-state index in [-0.39, 0.29) is 16.0 Å². The Morgan fingerprint density at radius 3 is 2.15 bits per heavy atom. The van der Waals surface area contributed by atoms with Crippen LogP contribution in [0.5, 0.6) is 0 Å². The summed E-state index contributed by atoms with van der Waals surface area (Å²) >= 11 is 0. The van der Waals surface area contributed by atoms with Crippen LogP contribution in [0.3, 0.4) is 0 Å². The van der Waals surface area contributed by atoms with Crippen LogP contribution in [0.25, 0.3) is 0 Å². The molecule has 1 aliphatic rings. The van der Waals surface area contributed by atoms with Crippen LogP contribution in [-0.4, -0.2) is 50.9 Å². The number of anilines is 1. The topological polar surface area (TPSA) is 116 Å². The van der Waals surface area contributed by atoms with Gasteiger partial charge in [-0.2, -0.15) is 4.31 Å². The molecular formula is C18H17N2O6S-. The van der Waals surface area contributed by atoms with Crippen molar-refractivity contribution in [2.75, 3.05) is 31.6 Å². The highest BCUT2D eigenvalue weighted by Gasteiger charge is 2.26. The minimum absolute atomic E-state index is 0.0393. The smallest absolute Gasteiger partial charge is 0.256 e. The molecule has 0 spiro atoms. The SMILES string of the molecule is O=C([O-])c1ccccc1C(=O)Nc1ccc(S(=O)(=O)N2CCOCC2)cc1. The van der Waals surface area contributed by atoms with E-state index in [4.69, 9.17) is 4.74 Å². The zero-order valence-corrected chi connectivity index (χ0v) is 15.1. The molecule has 1 amide bonds. The van der Waals surface area contributed by atoms with Crippen LogP contribution in [0.15, 0.2) is 53.4 Å². The normalized spacial score (nSPS) is 15.3. The lowest BCUT2D eigenvalue weighted by Crippen LogP contribution is -2.40. The Kier molecular flexibility index (Phi) is 5.54. The van der Waals surface area contributed by atoms with Crippen molar-refractivity contribution in [3.8, 4) is 0 Å². The van der Waals surface area contributed by atoms with Crippen molar-refractivity contribution in [2.24, 2.45) is 0 Å². The quantitative estimate of drug-likeness (QED) is 0.788. The third-order valence-corrected chi connectivity index (χ3v) is 6.02. The Labute approximate surface area is 156 Å². The van der Waals surface area contributed by atoms with E-state index < -0.39 is 21.9 Å². The average molecular weight is 389 g/mol. The summed E-state index contributed by atoms with van der Waals surface area (Å²) in [6, 6.07) is 11.4. The lowest BCUT2D eigenvalue weighted by Gasteiger charge is -2.26. The first kappa shape index (κ1) is 19.0. The molecule has 8 nitrogen and oxygen atoms in total. The number of amides is 1. The number of carboxylic acid groups (broad SMARTS) is 1. The van der Waals surface area contributed by atoms with Crippen molar-refractivity contribution >= 4 is 27.6 Å². The number of ether oxygens (including phenoxy) is 1. The molecular weight excluding hydrogens is 372 g/mol. The van der Waals surface area contributed by atoms with Gasteiger partial charge < -0.3 is 20.0 Å². The van der Waals surface area contributed by atoms with Gasteiger partial charge in [-0.05, 0) is 30.3 Å². The number of morpholine rings is 1. The first-order valence-electron chi connectivity index (χ1n) is 8.19. The van der Waals surface area contributed by atoms with Crippen molar-refractivity contribution in [1.29, 1.82) is 0 Å². The number of carboxylic acids is 1. The maximum Gasteiger partial charge on any atom is 0.256 e. The van der Waals surface area contributed by atoms with E-state index in [0.717, 1.165) is 0 Å². The summed E-state index contributed by atoms with van der Waals surface area (Å²) in [7, 11) is -3.62. The number of carbonyl (C=O) groups is 2. The number of nitrogens with zero attached hydrogens (tertiary/aromatic N) is 1. The van der Waals surface area contributed by atoms with Crippen molar-refractivity contribution < 1.29 is 27.9 Å². The Morgan fingerprint density at radius 1 is 0.963 bits per heavy atom. The van der Waals surface area contributed by atoms with E-state index in [9.17, 15) is 23.1 Å². The monoisotopic (exact) mass is 389 g/mol. The summed E-state index contributed by atoms with van der Waals surface area (Å²) in [6.45, 7) is 1.29. The number of sulfonamides is 1. The minimum Gasteiger partial charge on any atom is -0.545 e. The zero-order valence-electron chi connectivity index (χ0n) is 14.3. The van der Waals surface area contributed by atoms with Gasteiger partial charge in [0.25, 0.3) is 5.91 Å². The van der Waals surface area contributed by atoms with Crippen molar-refractivity contribution in [3.05, 3.63) is 59.7 Å². The predicted molar refractivity (Wildman–Crippen MR) is 94.7 cm³/mol. The molecule has 0 atom stereocenters. The van der Waals surface area contributed by atoms with Gasteiger partial charge in [0.15, 0.2) is 0 Å². The molecule has 1 fully saturated rings. The fourth-order valence-electron chi connectivity index (χ4n) is 2.70. The summed E-state index contributed by atoms with van der Waals surface area (Å²) in [4.78, 5) is 23.5. The second kappa shape index (κ2) is 7.87. The van der Waals surface area contributed by atoms with Crippen LogP contribution in [0.4, 0.5) is 5.69 Å². The van der Waals surface area contributed by atoms with Gasteiger partial charge in [0.05, 0.1) is 24.1 Å². The molecule has 0 aromatic heterocycles. The molecule has 1 heterocycles. The molecule has 3 rings (SSSR count). The van der Waals surface area contributed by atoms with E-state index in [1.54, 1.807) is 6.07 Å². The molecule has 0 radical (unpaired) electrons. The molecule has 9 heteroatoms. The Balaban J connectivity index is 1.76. The summed E-state index contributed by atoms with van der Waals surface area (Å²) in [5, 5.41) is 13.7. The lowest BCUT2D eigenvalue weighted by atomic mass is 10.1. The van der Waals surface area contributed by atoms with Crippen molar-refractivity contribution in [2.45, 2.75) is 4.90 Å². The van der Waals surface area contributed by atoms with Crippen LogP contribution < -0.4 is 10.4 Å². The summed E-state index contributed by atoms with van der Waals surface area (Å²) < 4.78 is 31.7. The van der Waals surface area contributed by atoms with Crippen molar-refractivity contribution in [1.82, 2.24) is 4.31 Å². The zero-order chi connectivity index (χ0) is 19.4. The fourth-order valence-corrected chi connectivity index (χ4v) is 4.11. The molecule has 1 saturated heterocycles. The number of carbonyl (C=O) groups excluding carboxylic acids is 2. The Morgan fingerprint density at radius 2 is 1.56 bits per heavy atom. The molecule has 27 heavy (non-hydrogen) atoms. The van der Waals surface area contributed by atoms with E-state index >= 15 is 0 Å². The van der Waals surface area contributed by atoms with E-state index in [0.29, 0.717) is 32.0 Å². The molecule has 1 aliphatic heterocycles. The van der Waals surface area contributed by atoms with Crippen LogP contribution in [0.2, 0.25) is 0 Å². The predicted octanol–water partition coefficient (Wildman–Crippen LogP) is 0.323. The van der Waals surface area contributed by atoms with Crippen LogP contribution >= 0.6 is 0 Å². The first-order valence-corrected chi connectivity index (χ1v) is 9.63. The first-order chi connectivity index (χ1) is 12.9. The van der Waals surface area contributed by atoms with Gasteiger partial charge in [0.2, 0.25) is 10.0 Å². The highest BCUT2D eigenvalue weighted by molar-refractivity contribution is 7.89. The standard InChI is InChI=1S/C18H18N2O6S/c21-17(15-3-1-2-4-16(15)18(22)23)19-13-5-7-14(8-6-13)27(24,25)20-9-11-26-12-10-20/h1-8H,9-12H2,(H,19,21)(H,22,23)/p-1. The molecule has 142 valence electrons. The van der Waals surface area contributed by atoms with Gasteiger partial charge in [-0.15, -0.1) is 0 Å². The van der Waals surface area contributed by atoms with Crippen LogP contribution in [0, 0.1) is 0 Å². The van der Waals surface area contributed by atoms with E-state index in [2.05, 4.69) is 5.32 Å². The van der Waals surface area contributed by atoms with Gasteiger partial charge in [-0.25, -0.2) is 8.42 Å². The van der Waals surface area contributed by atoms with E-state index in [1.165, 1.54) is 46.8 Å². The van der Waals surface area contributed by atoms with Gasteiger partial charge in [-0.1, -0.05) is 18.2 Å². The van der Waals surface area contributed by atoms with Crippen LogP contribution in [0.1, 0.15) is 20.7 Å². The van der Waals surface area contributed by atoms with E-state index in [1.807, 2.05) is 0 Å². The highest BCUT2D eigenvalue weighted by atomic mass is 32.2. The number of rotatable bonds is 5. The Hall–Kier alpha value is -2.75. The summed E-state index contributed by atoms with van der Waals surface area (Å²) in [6.07, 6.45) is 0. The lowest BCUT2D eigenvalue weighted by molar-refractivity contribution is -0.255. The molecule has 1 N–H and O–H groups in total. The Bertz CT molecular complexity index is 950. The molecule has 0 unspecified atom stereocenters. The minimum atomic E-state index is -3.62. The molecule has 0 saturated carbocycles.